The van der Waals surface area contributed by atoms with Gasteiger partial charge in [0.2, 0.25) is 5.88 Å². The maximum absolute atomic E-state index is 13.8. The highest BCUT2D eigenvalue weighted by Crippen LogP contribution is 2.21. The van der Waals surface area contributed by atoms with Crippen LogP contribution in [-0.4, -0.2) is 32.3 Å². The van der Waals surface area contributed by atoms with E-state index < -0.39 is 5.82 Å². The summed E-state index contributed by atoms with van der Waals surface area (Å²) in [5.41, 5.74) is 1.15. The molecule has 3 aromatic heterocycles. The molecule has 0 unspecified atom stereocenters. The van der Waals surface area contributed by atoms with Gasteiger partial charge in [0.25, 0.3) is 0 Å². The minimum atomic E-state index is -0.443. The van der Waals surface area contributed by atoms with Crippen molar-refractivity contribution in [3.8, 4) is 5.88 Å². The molecule has 130 valence electrons. The highest BCUT2D eigenvalue weighted by Gasteiger charge is 2.26. The molecule has 1 atom stereocenters. The lowest BCUT2D eigenvalue weighted by Gasteiger charge is -2.28. The molecular weight excluding hydrogens is 323 g/mol. The number of halogens is 1. The molecule has 3 aromatic rings. The molecule has 0 N–H and O–H groups in total. The maximum atomic E-state index is 13.8. The van der Waals surface area contributed by atoms with Crippen LogP contribution >= 0.6 is 0 Å². The van der Waals surface area contributed by atoms with E-state index in [9.17, 15) is 4.39 Å². The van der Waals surface area contributed by atoms with Crippen LogP contribution < -0.4 is 4.74 Å². The van der Waals surface area contributed by atoms with E-state index in [4.69, 9.17) is 9.15 Å². The number of ether oxygens (including phenoxy) is 1. The molecule has 0 radical (unpaired) electrons. The van der Waals surface area contributed by atoms with Crippen molar-refractivity contribution in [1.82, 2.24) is 19.7 Å². The normalized spacial score (nSPS) is 17.9. The third-order valence-electron chi connectivity index (χ3n) is 4.44. The van der Waals surface area contributed by atoms with E-state index in [2.05, 4.69) is 15.0 Å². The topological polar surface area (TPSA) is 56.3 Å². The Morgan fingerprint density at radius 1 is 1.24 bits per heavy atom. The lowest BCUT2D eigenvalue weighted by Crippen LogP contribution is -2.38. The van der Waals surface area contributed by atoms with Crippen LogP contribution in [0.5, 0.6) is 5.88 Å². The molecule has 7 heteroatoms. The van der Waals surface area contributed by atoms with Gasteiger partial charge in [0, 0.05) is 31.5 Å². The number of furan rings is 1. The Labute approximate surface area is 144 Å². The summed E-state index contributed by atoms with van der Waals surface area (Å²) < 4.78 is 26.9. The second kappa shape index (κ2) is 7.06. The molecule has 0 bridgehead atoms. The summed E-state index contributed by atoms with van der Waals surface area (Å²) in [6.45, 7) is 2.56. The standard InChI is InChI=1S/C18H19FN4O2/c19-17-4-1-7-20-18(17)25-13-15-6-9-23-14(5-8-21-23)11-22(15)12-16-3-2-10-24-16/h1-5,7-8,10,15H,6,9,11-13H2/t15-/m0/s1. The van der Waals surface area contributed by atoms with Crippen molar-refractivity contribution < 1.29 is 13.5 Å². The van der Waals surface area contributed by atoms with Crippen LogP contribution in [0.3, 0.4) is 0 Å². The second-order valence-corrected chi connectivity index (χ2v) is 6.07. The summed E-state index contributed by atoms with van der Waals surface area (Å²) in [5.74, 6) is 0.492. The average Bonchev–Trinajstić information content (AvgIpc) is 3.25. The van der Waals surface area contributed by atoms with Crippen LogP contribution in [0.25, 0.3) is 0 Å². The maximum Gasteiger partial charge on any atom is 0.250 e. The first-order valence-corrected chi connectivity index (χ1v) is 8.30. The van der Waals surface area contributed by atoms with E-state index in [0.29, 0.717) is 13.2 Å². The molecule has 0 saturated heterocycles. The Kier molecular flexibility index (Phi) is 4.47. The van der Waals surface area contributed by atoms with Gasteiger partial charge in [0.15, 0.2) is 5.82 Å². The average molecular weight is 342 g/mol. The molecule has 25 heavy (non-hydrogen) atoms. The van der Waals surface area contributed by atoms with Crippen molar-refractivity contribution in [2.24, 2.45) is 0 Å². The number of hydrogen-bond acceptors (Lipinski definition) is 5. The molecule has 1 aliphatic heterocycles. The van der Waals surface area contributed by atoms with E-state index in [0.717, 1.165) is 31.0 Å². The van der Waals surface area contributed by atoms with Gasteiger partial charge in [-0.3, -0.25) is 9.58 Å². The van der Waals surface area contributed by atoms with E-state index in [1.54, 1.807) is 12.3 Å². The summed E-state index contributed by atoms with van der Waals surface area (Å²) in [5, 5.41) is 4.37. The van der Waals surface area contributed by atoms with Crippen molar-refractivity contribution in [2.45, 2.75) is 32.1 Å². The molecule has 0 aromatic carbocycles. The summed E-state index contributed by atoms with van der Waals surface area (Å²) in [4.78, 5) is 6.24. The minimum absolute atomic E-state index is 0.0439. The van der Waals surface area contributed by atoms with Gasteiger partial charge in [-0.1, -0.05) is 0 Å². The number of aromatic nitrogens is 3. The van der Waals surface area contributed by atoms with Crippen molar-refractivity contribution in [2.75, 3.05) is 6.61 Å². The highest BCUT2D eigenvalue weighted by atomic mass is 19.1. The van der Waals surface area contributed by atoms with Gasteiger partial charge in [0.05, 0.1) is 18.5 Å². The first-order chi connectivity index (χ1) is 12.3. The molecular formula is C18H19FN4O2. The van der Waals surface area contributed by atoms with E-state index >= 15 is 0 Å². The van der Waals surface area contributed by atoms with Crippen LogP contribution in [0.2, 0.25) is 0 Å². The fourth-order valence-electron chi connectivity index (χ4n) is 3.12. The predicted octanol–water partition coefficient (Wildman–Crippen LogP) is 2.86. The lowest BCUT2D eigenvalue weighted by atomic mass is 10.2. The summed E-state index contributed by atoms with van der Waals surface area (Å²) in [6.07, 6.45) is 5.87. The molecule has 0 aliphatic carbocycles. The van der Waals surface area contributed by atoms with Crippen molar-refractivity contribution >= 4 is 0 Å². The molecule has 4 rings (SSSR count). The Balaban J connectivity index is 1.51. The Morgan fingerprint density at radius 3 is 3.04 bits per heavy atom. The molecule has 1 aliphatic rings. The zero-order valence-electron chi connectivity index (χ0n) is 13.7. The van der Waals surface area contributed by atoms with Crippen molar-refractivity contribution in [3.63, 3.8) is 0 Å². The number of aryl methyl sites for hydroxylation is 1. The van der Waals surface area contributed by atoms with Crippen LogP contribution in [-0.2, 0) is 19.6 Å². The molecule has 0 amide bonds. The summed E-state index contributed by atoms with van der Waals surface area (Å²) in [6, 6.07) is 8.87. The fourth-order valence-corrected chi connectivity index (χ4v) is 3.12. The monoisotopic (exact) mass is 342 g/mol. The summed E-state index contributed by atoms with van der Waals surface area (Å²) in [7, 11) is 0. The Bertz CT molecular complexity index is 818. The van der Waals surface area contributed by atoms with Crippen LogP contribution in [0.1, 0.15) is 17.9 Å². The Morgan fingerprint density at radius 2 is 2.20 bits per heavy atom. The van der Waals surface area contributed by atoms with Crippen LogP contribution in [0, 0.1) is 5.82 Å². The molecule has 0 saturated carbocycles. The second-order valence-electron chi connectivity index (χ2n) is 6.07. The molecule has 4 heterocycles. The zero-order chi connectivity index (χ0) is 17.1. The largest absolute Gasteiger partial charge is 0.474 e. The SMILES string of the molecule is Fc1cccnc1OC[C@@H]1CCn2nccc2CN1Cc1ccco1. The smallest absolute Gasteiger partial charge is 0.250 e. The third kappa shape index (κ3) is 3.56. The first kappa shape index (κ1) is 15.8. The van der Waals surface area contributed by atoms with Crippen LogP contribution in [0.15, 0.2) is 53.4 Å². The Hall–Kier alpha value is -2.67. The van der Waals surface area contributed by atoms with Gasteiger partial charge in [0.1, 0.15) is 12.4 Å². The molecule has 0 fully saturated rings. The van der Waals surface area contributed by atoms with Crippen LogP contribution in [0.4, 0.5) is 4.39 Å². The number of hydrogen-bond donors (Lipinski definition) is 0. The van der Waals surface area contributed by atoms with Gasteiger partial charge in [-0.25, -0.2) is 9.37 Å². The number of nitrogens with zero attached hydrogens (tertiary/aromatic N) is 4. The predicted molar refractivity (Wildman–Crippen MR) is 88.3 cm³/mol. The highest BCUT2D eigenvalue weighted by molar-refractivity contribution is 5.13. The van der Waals surface area contributed by atoms with Gasteiger partial charge in [-0.15, -0.1) is 0 Å². The number of pyridine rings is 1. The lowest BCUT2D eigenvalue weighted by molar-refractivity contribution is 0.107. The van der Waals surface area contributed by atoms with Crippen molar-refractivity contribution in [3.05, 3.63) is 66.3 Å². The quantitative estimate of drug-likeness (QED) is 0.714. The first-order valence-electron chi connectivity index (χ1n) is 8.30. The van der Waals surface area contributed by atoms with Crippen molar-refractivity contribution in [1.29, 1.82) is 0 Å². The van der Waals surface area contributed by atoms with Gasteiger partial charge < -0.3 is 9.15 Å². The number of fused-ring (bicyclic) bond motifs is 1. The minimum Gasteiger partial charge on any atom is -0.474 e. The van der Waals surface area contributed by atoms with Gasteiger partial charge >= 0.3 is 0 Å². The van der Waals surface area contributed by atoms with E-state index in [-0.39, 0.29) is 11.9 Å². The van der Waals surface area contributed by atoms with E-state index in [1.165, 1.54) is 12.3 Å². The van der Waals surface area contributed by atoms with Gasteiger partial charge in [-0.2, -0.15) is 5.10 Å². The number of rotatable bonds is 5. The summed E-state index contributed by atoms with van der Waals surface area (Å²) >= 11 is 0. The molecule has 0 spiro atoms. The molecule has 6 nitrogen and oxygen atoms in total. The van der Waals surface area contributed by atoms with Gasteiger partial charge in [-0.05, 0) is 36.8 Å². The fraction of sp³-hybridized carbons (Fsp3) is 0.333. The third-order valence-corrected chi connectivity index (χ3v) is 4.44. The zero-order valence-corrected chi connectivity index (χ0v) is 13.7. The van der Waals surface area contributed by atoms with E-state index in [1.807, 2.05) is 29.1 Å².